The monoisotopic (exact) mass is 441 g/mol. The minimum atomic E-state index is -0.350. The summed E-state index contributed by atoms with van der Waals surface area (Å²) in [5, 5.41) is 8.57. The molecule has 1 amide bonds. The number of nitrogens with zero attached hydrogens (tertiary/aromatic N) is 5. The SMILES string of the molecule is CCn1ncc(C(=O)N2CCC(CCOC)(c3noc(-c4ccc(F)cc4)n3)CC2)c1C. The van der Waals surface area contributed by atoms with Gasteiger partial charge in [-0.1, -0.05) is 5.16 Å². The fraction of sp³-hybridized carbons (Fsp3) is 0.478. The highest BCUT2D eigenvalue weighted by molar-refractivity contribution is 5.95. The van der Waals surface area contributed by atoms with Gasteiger partial charge in [-0.15, -0.1) is 0 Å². The Balaban J connectivity index is 1.53. The van der Waals surface area contributed by atoms with Crippen LogP contribution < -0.4 is 0 Å². The molecule has 4 rings (SSSR count). The van der Waals surface area contributed by atoms with Crippen molar-refractivity contribution in [1.82, 2.24) is 24.8 Å². The second kappa shape index (κ2) is 9.20. The normalized spacial score (nSPS) is 15.8. The average molecular weight is 442 g/mol. The largest absolute Gasteiger partial charge is 0.385 e. The molecule has 32 heavy (non-hydrogen) atoms. The predicted octanol–water partition coefficient (Wildman–Crippen LogP) is 3.61. The van der Waals surface area contributed by atoms with Crippen molar-refractivity contribution in [1.29, 1.82) is 0 Å². The van der Waals surface area contributed by atoms with E-state index >= 15 is 0 Å². The van der Waals surface area contributed by atoms with Gasteiger partial charge in [0.2, 0.25) is 0 Å². The van der Waals surface area contributed by atoms with E-state index in [9.17, 15) is 9.18 Å². The van der Waals surface area contributed by atoms with Gasteiger partial charge in [0.25, 0.3) is 11.8 Å². The third-order valence-electron chi connectivity index (χ3n) is 6.42. The van der Waals surface area contributed by atoms with E-state index in [4.69, 9.17) is 9.26 Å². The third kappa shape index (κ3) is 4.17. The number of hydrogen-bond donors (Lipinski definition) is 0. The molecule has 1 aliphatic heterocycles. The number of amides is 1. The van der Waals surface area contributed by atoms with Crippen LogP contribution in [0.25, 0.3) is 11.5 Å². The van der Waals surface area contributed by atoms with Crippen LogP contribution in [0, 0.1) is 12.7 Å². The molecule has 0 N–H and O–H groups in total. The maximum atomic E-state index is 13.3. The van der Waals surface area contributed by atoms with Crippen LogP contribution in [0.15, 0.2) is 35.0 Å². The van der Waals surface area contributed by atoms with Gasteiger partial charge in [-0.3, -0.25) is 9.48 Å². The number of piperidine rings is 1. The summed E-state index contributed by atoms with van der Waals surface area (Å²) in [6.07, 6.45) is 3.78. The quantitative estimate of drug-likeness (QED) is 0.557. The van der Waals surface area contributed by atoms with Crippen molar-refractivity contribution in [2.75, 3.05) is 26.8 Å². The summed E-state index contributed by atoms with van der Waals surface area (Å²) in [5.41, 5.74) is 1.85. The Morgan fingerprint density at radius 3 is 2.59 bits per heavy atom. The van der Waals surface area contributed by atoms with Crippen molar-refractivity contribution in [2.24, 2.45) is 0 Å². The Kier molecular flexibility index (Phi) is 6.36. The molecule has 3 aromatic rings. The summed E-state index contributed by atoms with van der Waals surface area (Å²) in [7, 11) is 1.67. The Morgan fingerprint density at radius 2 is 1.97 bits per heavy atom. The second-order valence-corrected chi connectivity index (χ2v) is 8.20. The smallest absolute Gasteiger partial charge is 0.257 e. The lowest BCUT2D eigenvalue weighted by molar-refractivity contribution is 0.0615. The zero-order valence-electron chi connectivity index (χ0n) is 18.7. The molecule has 0 aliphatic carbocycles. The Labute approximate surface area is 186 Å². The lowest BCUT2D eigenvalue weighted by Gasteiger charge is -2.39. The van der Waals surface area contributed by atoms with Crippen molar-refractivity contribution in [2.45, 2.75) is 45.1 Å². The van der Waals surface area contributed by atoms with E-state index in [1.807, 2.05) is 23.4 Å². The standard InChI is InChI=1S/C23H28FN5O3/c1-4-29-16(2)19(15-25-29)21(30)28-12-9-23(10-13-28,11-14-31-3)22-26-20(32-27-22)17-5-7-18(24)8-6-17/h5-8,15H,4,9-14H2,1-3H3. The molecule has 1 saturated heterocycles. The fourth-order valence-corrected chi connectivity index (χ4v) is 4.31. The number of carbonyl (C=O) groups excluding carboxylic acids is 1. The lowest BCUT2D eigenvalue weighted by Crippen LogP contribution is -2.46. The summed E-state index contributed by atoms with van der Waals surface area (Å²) in [6.45, 7) is 6.38. The number of hydrogen-bond acceptors (Lipinski definition) is 6. The van der Waals surface area contributed by atoms with Gasteiger partial charge in [0, 0.05) is 50.0 Å². The van der Waals surface area contributed by atoms with Crippen LogP contribution in [-0.4, -0.2) is 57.5 Å². The molecule has 0 atom stereocenters. The molecule has 1 aromatic carbocycles. The highest BCUT2D eigenvalue weighted by Crippen LogP contribution is 2.38. The van der Waals surface area contributed by atoms with E-state index in [2.05, 4.69) is 15.2 Å². The molecule has 1 fully saturated rings. The molecule has 0 bridgehead atoms. The first-order valence-electron chi connectivity index (χ1n) is 10.9. The number of benzene rings is 1. The molecule has 2 aromatic heterocycles. The Bertz CT molecular complexity index is 1070. The van der Waals surface area contributed by atoms with E-state index in [0.717, 1.165) is 18.7 Å². The molecule has 1 aliphatic rings. The molecule has 0 spiro atoms. The van der Waals surface area contributed by atoms with E-state index in [-0.39, 0.29) is 17.1 Å². The van der Waals surface area contributed by atoms with Crippen LogP contribution in [0.4, 0.5) is 4.39 Å². The van der Waals surface area contributed by atoms with Crippen LogP contribution >= 0.6 is 0 Å². The molecule has 3 heterocycles. The van der Waals surface area contributed by atoms with Gasteiger partial charge < -0.3 is 14.2 Å². The first-order chi connectivity index (χ1) is 15.5. The van der Waals surface area contributed by atoms with Crippen molar-refractivity contribution in [3.63, 3.8) is 0 Å². The van der Waals surface area contributed by atoms with Gasteiger partial charge >= 0.3 is 0 Å². The average Bonchev–Trinajstić information content (AvgIpc) is 3.45. The minimum absolute atomic E-state index is 0.00246. The summed E-state index contributed by atoms with van der Waals surface area (Å²) >= 11 is 0. The highest BCUT2D eigenvalue weighted by atomic mass is 19.1. The number of rotatable bonds is 7. The van der Waals surface area contributed by atoms with Crippen LogP contribution in [0.5, 0.6) is 0 Å². The molecule has 0 saturated carbocycles. The van der Waals surface area contributed by atoms with E-state index in [1.54, 1.807) is 25.4 Å². The van der Waals surface area contributed by atoms with Crippen molar-refractivity contribution < 1.29 is 18.4 Å². The number of methoxy groups -OCH3 is 1. The van der Waals surface area contributed by atoms with Gasteiger partial charge in [0.05, 0.1) is 11.8 Å². The highest BCUT2D eigenvalue weighted by Gasteiger charge is 2.41. The third-order valence-corrected chi connectivity index (χ3v) is 6.42. The minimum Gasteiger partial charge on any atom is -0.385 e. The first kappa shape index (κ1) is 22.1. The number of halogens is 1. The Morgan fingerprint density at radius 1 is 1.25 bits per heavy atom. The van der Waals surface area contributed by atoms with Gasteiger partial charge in [-0.25, -0.2) is 4.39 Å². The first-order valence-corrected chi connectivity index (χ1v) is 10.9. The summed E-state index contributed by atoms with van der Waals surface area (Å²) in [5.74, 6) is 0.651. The number of ether oxygens (including phenoxy) is 1. The molecule has 0 radical (unpaired) electrons. The fourth-order valence-electron chi connectivity index (χ4n) is 4.31. The van der Waals surface area contributed by atoms with Gasteiger partial charge in [0.15, 0.2) is 5.82 Å². The number of aryl methyl sites for hydroxylation is 1. The van der Waals surface area contributed by atoms with Crippen LogP contribution in [0.3, 0.4) is 0 Å². The maximum Gasteiger partial charge on any atom is 0.257 e. The molecule has 9 heteroatoms. The van der Waals surface area contributed by atoms with Crippen molar-refractivity contribution in [3.05, 3.63) is 53.4 Å². The van der Waals surface area contributed by atoms with Crippen LogP contribution in [-0.2, 0) is 16.7 Å². The predicted molar refractivity (Wildman–Crippen MR) is 116 cm³/mol. The van der Waals surface area contributed by atoms with Crippen molar-refractivity contribution >= 4 is 5.91 Å². The van der Waals surface area contributed by atoms with E-state index in [1.165, 1.54) is 12.1 Å². The molecule has 0 unspecified atom stereocenters. The molecular formula is C23H28FN5O3. The summed E-state index contributed by atoms with van der Waals surface area (Å²) < 4.78 is 25.9. The van der Waals surface area contributed by atoms with Crippen LogP contribution in [0.1, 0.15) is 48.1 Å². The Hall–Kier alpha value is -3.07. The summed E-state index contributed by atoms with van der Waals surface area (Å²) in [4.78, 5) is 19.6. The van der Waals surface area contributed by atoms with Crippen LogP contribution in [0.2, 0.25) is 0 Å². The zero-order valence-corrected chi connectivity index (χ0v) is 18.7. The molecular weight excluding hydrogens is 413 g/mol. The zero-order chi connectivity index (χ0) is 22.7. The number of aromatic nitrogens is 4. The van der Waals surface area contributed by atoms with Gasteiger partial charge in [-0.05, 0) is 57.4 Å². The second-order valence-electron chi connectivity index (χ2n) is 8.20. The molecule has 170 valence electrons. The van der Waals surface area contributed by atoms with Crippen molar-refractivity contribution in [3.8, 4) is 11.5 Å². The lowest BCUT2D eigenvalue weighted by atomic mass is 9.75. The van der Waals surface area contributed by atoms with E-state index in [0.29, 0.717) is 55.4 Å². The topological polar surface area (TPSA) is 86.3 Å². The number of carbonyl (C=O) groups is 1. The van der Waals surface area contributed by atoms with Gasteiger partial charge in [-0.2, -0.15) is 10.1 Å². The van der Waals surface area contributed by atoms with E-state index < -0.39 is 0 Å². The number of likely N-dealkylation sites (tertiary alicyclic amines) is 1. The van der Waals surface area contributed by atoms with Gasteiger partial charge in [0.1, 0.15) is 5.82 Å². The molecule has 8 nitrogen and oxygen atoms in total. The maximum absolute atomic E-state index is 13.3. The summed E-state index contributed by atoms with van der Waals surface area (Å²) in [6, 6.07) is 5.97.